The molecule has 1 saturated carbocycles. The zero-order valence-electron chi connectivity index (χ0n) is 82.2. The van der Waals surface area contributed by atoms with Crippen LogP contribution < -0.4 is 10.4 Å². The van der Waals surface area contributed by atoms with Gasteiger partial charge in [0.1, 0.15) is 25.6 Å². The number of fused-ring (bicyclic) bond motifs is 3. The van der Waals surface area contributed by atoms with Gasteiger partial charge in [-0.3, -0.25) is 0 Å². The number of rotatable bonds is 4. The monoisotopic (exact) mass is 1770 g/mol. The maximum Gasteiger partial charge on any atom is 0.386 e. The van der Waals surface area contributed by atoms with E-state index in [0.717, 1.165) is 126 Å². The van der Waals surface area contributed by atoms with Gasteiger partial charge in [-0.1, -0.05) is 453 Å². The van der Waals surface area contributed by atoms with E-state index in [1.807, 2.05) is 44.2 Å². The maximum absolute atomic E-state index is 10.4. The molecule has 19 aliphatic rings. The minimum atomic E-state index is -4.00. The Morgan fingerprint density at radius 2 is 0.508 bits per heavy atom. The van der Waals surface area contributed by atoms with Gasteiger partial charge in [0.2, 0.25) is 0 Å². The molecule has 0 atom stereocenters. The van der Waals surface area contributed by atoms with Crippen LogP contribution in [0.15, 0.2) is 454 Å². The van der Waals surface area contributed by atoms with Crippen molar-refractivity contribution in [1.82, 2.24) is 0 Å². The Bertz CT molecular complexity index is 4700. The third-order valence-electron chi connectivity index (χ3n) is 22.6. The quantitative estimate of drug-likeness (QED) is 0.204. The van der Waals surface area contributed by atoms with Gasteiger partial charge in [0.25, 0.3) is 0 Å². The minimum absolute atomic E-state index is 0.188. The number of hydrogen-bond acceptors (Lipinski definition) is 3. The lowest BCUT2D eigenvalue weighted by molar-refractivity contribution is -0.110. The average Bonchev–Trinajstić information content (AvgIpc) is 1.71. The third kappa shape index (κ3) is 48.8. The van der Waals surface area contributed by atoms with Crippen LogP contribution in [-0.4, -0.2) is 26.0 Å². The van der Waals surface area contributed by atoms with Gasteiger partial charge in [-0.25, -0.2) is 0 Å². The van der Waals surface area contributed by atoms with Crippen molar-refractivity contribution >= 4 is 28.9 Å². The van der Waals surface area contributed by atoms with Gasteiger partial charge >= 0.3 is 6.18 Å². The van der Waals surface area contributed by atoms with E-state index in [-0.39, 0.29) is 6.92 Å². The molecule has 2 aliphatic heterocycles. The summed E-state index contributed by atoms with van der Waals surface area (Å²) in [7, 11) is 0. The summed E-state index contributed by atoms with van der Waals surface area (Å²) >= 11 is 0. The van der Waals surface area contributed by atoms with Crippen molar-refractivity contribution in [3.8, 4) is 0 Å². The van der Waals surface area contributed by atoms with Crippen molar-refractivity contribution in [2.24, 2.45) is 5.92 Å². The highest BCUT2D eigenvalue weighted by Crippen LogP contribution is 2.33. The number of ether oxygens (including phenoxy) is 3. The summed E-state index contributed by atoms with van der Waals surface area (Å²) in [4.78, 5) is 0. The number of benzene rings is 4. The second kappa shape index (κ2) is 66.4. The molecule has 17 aliphatic carbocycles. The molecule has 0 amide bonds. The Morgan fingerprint density at radius 3 is 0.720 bits per heavy atom. The van der Waals surface area contributed by atoms with Crippen molar-refractivity contribution in [2.45, 2.75) is 238 Å². The number of allylic oxidation sites excluding steroid dienone is 56. The van der Waals surface area contributed by atoms with Crippen molar-refractivity contribution in [3.05, 3.63) is 481 Å². The molecular weight excluding hydrogens is 1620 g/mol. The largest absolute Gasteiger partial charge is 0.489 e. The molecule has 2 saturated heterocycles. The van der Waals surface area contributed by atoms with Crippen molar-refractivity contribution in [2.75, 3.05) is 19.8 Å². The first-order valence-corrected chi connectivity index (χ1v) is 48.3. The van der Waals surface area contributed by atoms with E-state index in [1.165, 1.54) is 149 Å². The number of hydrogen-bond donors (Lipinski definition) is 0. The van der Waals surface area contributed by atoms with Gasteiger partial charge in [0.05, 0.1) is 0 Å². The van der Waals surface area contributed by atoms with Gasteiger partial charge in [-0.15, -0.1) is 0 Å². The molecule has 0 spiro atoms. The van der Waals surface area contributed by atoms with Crippen LogP contribution in [0.1, 0.15) is 248 Å². The highest BCUT2D eigenvalue weighted by molar-refractivity contribution is 5.77. The first-order chi connectivity index (χ1) is 64.1. The van der Waals surface area contributed by atoms with E-state index in [2.05, 4.69) is 422 Å². The second-order valence-electron chi connectivity index (χ2n) is 33.7. The SMILES string of the molecule is C1=C2COC2=CC1.C1=C2OCCOC2=CC1.C1=CC(C2CCCCC2)=CC1.C1=CC(c2ccccc2)=CC1.C1=CC(c2ccccc2)=CC1.C1=CC(c2ccccc2)=CC1.C1=c2ccccc2=CC1.CC.CC(F)(F)F.CC1=CCC=C1.CC1=CCC=C1.CC1=CCC=C1.CC1=CCC=C1.CC1=CCC=C1.CC1=CCC=C1.CC1=CCC=C1.CC1=CCC=C1C.CC1=CCC=C1C. The third-order valence-corrected chi connectivity index (χ3v) is 22.6. The summed E-state index contributed by atoms with van der Waals surface area (Å²) in [6.45, 7) is 29.8. The Labute approximate surface area is 796 Å². The average molecular weight is 1770 g/mol. The molecule has 0 unspecified atom stereocenters. The van der Waals surface area contributed by atoms with Crippen LogP contribution in [0, 0.1) is 5.92 Å². The first-order valence-electron chi connectivity index (χ1n) is 48.3. The summed E-state index contributed by atoms with van der Waals surface area (Å²) in [6, 6.07) is 39.9. The Balaban J connectivity index is 0.000000217. The molecule has 2 heterocycles. The van der Waals surface area contributed by atoms with E-state index in [4.69, 9.17) is 14.2 Å². The van der Waals surface area contributed by atoms with Crippen LogP contribution in [0.2, 0.25) is 0 Å². The lowest BCUT2D eigenvalue weighted by Gasteiger charge is -2.21. The van der Waals surface area contributed by atoms with E-state index >= 15 is 0 Å². The summed E-state index contributed by atoms with van der Waals surface area (Å²) in [6.07, 6.45) is 115. The van der Waals surface area contributed by atoms with Gasteiger partial charge in [-0.2, -0.15) is 13.2 Å². The van der Waals surface area contributed by atoms with Crippen LogP contribution in [0.5, 0.6) is 0 Å². The van der Waals surface area contributed by atoms with Crippen molar-refractivity contribution in [3.63, 3.8) is 0 Å². The second-order valence-corrected chi connectivity index (χ2v) is 33.7. The predicted octanol–water partition coefficient (Wildman–Crippen LogP) is 36.0. The molecule has 0 bridgehead atoms. The van der Waals surface area contributed by atoms with E-state index < -0.39 is 6.18 Å². The van der Waals surface area contributed by atoms with Crippen molar-refractivity contribution in [1.29, 1.82) is 0 Å². The summed E-state index contributed by atoms with van der Waals surface area (Å²) in [5.41, 5.74) is 26.6. The van der Waals surface area contributed by atoms with Gasteiger partial charge < -0.3 is 14.2 Å². The standard InChI is InChI=1S/C11H16.3C11H10.C9H8.C7H8O2.2C7H10.C6H6O.7C6H8.C2H3F3.C2H6/c4*1-2-6-10(7-3-1)11-8-4-5-9-11;1-2-5-9-7-3-6-8(9)4-1;1-2-6-7(3-1)9-5-4-8-6;2*1-6-4-3-5-7(6)2;1-2-5-4-7-6(5)3-1;7*1-6-4-2-3-5-6;1-2(3,4)5;1-2/h4,8-10H,1-3,5-7H2;3*1-4,6-9H,5H2;1-2,4-7H,3H2;2-3H,1,4-5H2;2*4-5H,3H2,1-2H3;2-3H,1,4H2;7*2,4-5H,3H2,1H3;1H3;1-2H3. The Morgan fingerprint density at radius 1 is 0.250 bits per heavy atom. The van der Waals surface area contributed by atoms with Crippen LogP contribution in [0.3, 0.4) is 0 Å². The molecule has 132 heavy (non-hydrogen) atoms. The lowest BCUT2D eigenvalue weighted by atomic mass is 9.84. The van der Waals surface area contributed by atoms with E-state index in [9.17, 15) is 13.2 Å². The molecule has 23 rings (SSSR count). The topological polar surface area (TPSA) is 27.7 Å². The molecule has 4 aromatic carbocycles. The smallest absolute Gasteiger partial charge is 0.386 e. The fraction of sp³-hybridized carbons (Fsp3) is 0.317. The fourth-order valence-corrected chi connectivity index (χ4v) is 14.8. The molecule has 0 aromatic heterocycles. The van der Waals surface area contributed by atoms with E-state index in [0.29, 0.717) is 13.2 Å². The molecule has 3 fully saturated rings. The molecule has 0 N–H and O–H groups in total. The van der Waals surface area contributed by atoms with E-state index in [1.54, 1.807) is 5.57 Å². The fourth-order valence-electron chi connectivity index (χ4n) is 14.8. The van der Waals surface area contributed by atoms with Crippen LogP contribution in [0.4, 0.5) is 13.2 Å². The highest BCUT2D eigenvalue weighted by Gasteiger charge is 2.21. The molecular formula is C126H153F3O3. The van der Waals surface area contributed by atoms with Crippen molar-refractivity contribution < 1.29 is 27.4 Å². The molecule has 6 heteroatoms. The van der Waals surface area contributed by atoms with Crippen LogP contribution in [-0.2, 0) is 14.2 Å². The zero-order chi connectivity index (χ0) is 94.9. The predicted molar refractivity (Wildman–Crippen MR) is 572 cm³/mol. The maximum atomic E-state index is 10.4. The van der Waals surface area contributed by atoms with Crippen LogP contribution in [0.25, 0.3) is 28.9 Å². The number of alkyl halides is 3. The molecule has 696 valence electrons. The highest BCUT2D eigenvalue weighted by atomic mass is 19.4. The Hall–Kier alpha value is -12.0. The van der Waals surface area contributed by atoms with Gasteiger partial charge in [0.15, 0.2) is 11.5 Å². The summed E-state index contributed by atoms with van der Waals surface area (Å²) in [5, 5.41) is 2.77. The summed E-state index contributed by atoms with van der Waals surface area (Å²) < 4.78 is 46.6. The molecule has 4 aromatic rings. The summed E-state index contributed by atoms with van der Waals surface area (Å²) in [5.74, 6) is 3.91. The van der Waals surface area contributed by atoms with Gasteiger partial charge in [-0.05, 0) is 265 Å². The van der Waals surface area contributed by atoms with Gasteiger partial charge in [0, 0.05) is 12.5 Å². The van der Waals surface area contributed by atoms with Crippen LogP contribution >= 0.6 is 0 Å². The Kier molecular flexibility index (Phi) is 54.7. The minimum Gasteiger partial charge on any atom is -0.489 e. The molecule has 3 nitrogen and oxygen atoms in total. The molecule has 0 radical (unpaired) electrons. The number of halogens is 3. The first kappa shape index (κ1) is 109. The lowest BCUT2D eigenvalue weighted by Crippen LogP contribution is -2.19. The zero-order valence-corrected chi connectivity index (χ0v) is 82.2. The normalized spacial score (nSPS) is 18.1.